The number of halogens is 1. The molecule has 2 rings (SSSR count). The standard InChI is InChI=1S/C12H10FN3S/c13-8-4-6-9(7-5-8)15-11-3-1-2-10(16-11)12(14)17/h1-7H,(H2,14,17)(H,15,16). The van der Waals surface area contributed by atoms with Crippen molar-refractivity contribution in [2.24, 2.45) is 5.73 Å². The number of thiocarbonyl (C=S) groups is 1. The van der Waals surface area contributed by atoms with Gasteiger partial charge in [0.05, 0.1) is 5.69 Å². The first-order valence-electron chi connectivity index (χ1n) is 4.94. The fourth-order valence-corrected chi connectivity index (χ4v) is 1.44. The van der Waals surface area contributed by atoms with E-state index < -0.39 is 0 Å². The Kier molecular flexibility index (Phi) is 3.30. The molecule has 3 N–H and O–H groups in total. The van der Waals surface area contributed by atoms with Gasteiger partial charge in [-0.1, -0.05) is 18.3 Å². The average molecular weight is 247 g/mol. The monoisotopic (exact) mass is 247 g/mol. The van der Waals surface area contributed by atoms with Crippen LogP contribution in [0, 0.1) is 5.82 Å². The number of anilines is 2. The van der Waals surface area contributed by atoms with Gasteiger partial charge in [-0.3, -0.25) is 0 Å². The fraction of sp³-hybridized carbons (Fsp3) is 0. The summed E-state index contributed by atoms with van der Waals surface area (Å²) >= 11 is 4.84. The molecule has 86 valence electrons. The molecule has 0 atom stereocenters. The van der Waals surface area contributed by atoms with Crippen molar-refractivity contribution < 1.29 is 4.39 Å². The molecule has 0 fully saturated rings. The van der Waals surface area contributed by atoms with Gasteiger partial charge in [0.25, 0.3) is 0 Å². The van der Waals surface area contributed by atoms with Gasteiger partial charge in [0, 0.05) is 5.69 Å². The molecule has 0 aliphatic carbocycles. The molecule has 2 aromatic rings. The van der Waals surface area contributed by atoms with Gasteiger partial charge >= 0.3 is 0 Å². The number of hydrogen-bond acceptors (Lipinski definition) is 3. The van der Waals surface area contributed by atoms with Gasteiger partial charge in [-0.15, -0.1) is 0 Å². The summed E-state index contributed by atoms with van der Waals surface area (Å²) in [5, 5.41) is 3.03. The minimum atomic E-state index is -0.277. The second-order valence-electron chi connectivity index (χ2n) is 3.40. The minimum Gasteiger partial charge on any atom is -0.388 e. The average Bonchev–Trinajstić information content (AvgIpc) is 2.32. The highest BCUT2D eigenvalue weighted by atomic mass is 32.1. The van der Waals surface area contributed by atoms with E-state index in [9.17, 15) is 4.39 Å². The van der Waals surface area contributed by atoms with E-state index in [0.717, 1.165) is 5.69 Å². The summed E-state index contributed by atoms with van der Waals surface area (Å²) in [6, 6.07) is 11.3. The zero-order valence-corrected chi connectivity index (χ0v) is 9.67. The largest absolute Gasteiger partial charge is 0.388 e. The third-order valence-electron chi connectivity index (χ3n) is 2.12. The second-order valence-corrected chi connectivity index (χ2v) is 3.84. The van der Waals surface area contributed by atoms with E-state index in [0.29, 0.717) is 11.5 Å². The number of nitrogens with two attached hydrogens (primary N) is 1. The van der Waals surface area contributed by atoms with Crippen molar-refractivity contribution in [3.8, 4) is 0 Å². The summed E-state index contributed by atoms with van der Waals surface area (Å²) in [7, 11) is 0. The Morgan fingerprint density at radius 3 is 2.53 bits per heavy atom. The van der Waals surface area contributed by atoms with Gasteiger partial charge in [-0.05, 0) is 36.4 Å². The molecule has 0 spiro atoms. The Morgan fingerprint density at radius 2 is 1.88 bits per heavy atom. The van der Waals surface area contributed by atoms with Gasteiger partial charge in [-0.25, -0.2) is 9.37 Å². The number of hydrogen-bond donors (Lipinski definition) is 2. The first-order valence-corrected chi connectivity index (χ1v) is 5.35. The molecule has 0 saturated carbocycles. The molecular formula is C12H10FN3S. The highest BCUT2D eigenvalue weighted by molar-refractivity contribution is 7.80. The fourth-order valence-electron chi connectivity index (χ4n) is 1.32. The van der Waals surface area contributed by atoms with Crippen molar-refractivity contribution in [3.63, 3.8) is 0 Å². The van der Waals surface area contributed by atoms with Crippen molar-refractivity contribution in [2.45, 2.75) is 0 Å². The molecule has 0 saturated heterocycles. The predicted molar refractivity (Wildman–Crippen MR) is 69.8 cm³/mol. The summed E-state index contributed by atoms with van der Waals surface area (Å²) in [5.41, 5.74) is 6.78. The number of nitrogens with one attached hydrogen (secondary N) is 1. The van der Waals surface area contributed by atoms with Gasteiger partial charge in [0.2, 0.25) is 0 Å². The third kappa shape index (κ3) is 2.98. The Labute approximate surface area is 103 Å². The quantitative estimate of drug-likeness (QED) is 0.819. The number of aromatic nitrogens is 1. The van der Waals surface area contributed by atoms with Crippen LogP contribution in [0.3, 0.4) is 0 Å². The van der Waals surface area contributed by atoms with Gasteiger partial charge < -0.3 is 11.1 Å². The molecule has 0 amide bonds. The van der Waals surface area contributed by atoms with E-state index in [2.05, 4.69) is 10.3 Å². The Bertz CT molecular complexity index is 540. The molecule has 1 aromatic heterocycles. The first-order chi connectivity index (χ1) is 8.15. The van der Waals surface area contributed by atoms with Gasteiger partial charge in [0.1, 0.15) is 16.6 Å². The maximum Gasteiger partial charge on any atom is 0.131 e. The predicted octanol–water partition coefficient (Wildman–Crippen LogP) is 2.60. The highest BCUT2D eigenvalue weighted by Crippen LogP contribution is 2.15. The van der Waals surface area contributed by atoms with Crippen molar-refractivity contribution in [3.05, 3.63) is 54.0 Å². The molecule has 1 aromatic carbocycles. The van der Waals surface area contributed by atoms with Crippen molar-refractivity contribution >= 4 is 28.7 Å². The highest BCUT2D eigenvalue weighted by Gasteiger charge is 2.00. The second kappa shape index (κ2) is 4.88. The van der Waals surface area contributed by atoms with E-state index in [1.165, 1.54) is 12.1 Å². The van der Waals surface area contributed by atoms with Crippen LogP contribution < -0.4 is 11.1 Å². The summed E-state index contributed by atoms with van der Waals surface area (Å²) < 4.78 is 12.7. The molecule has 0 radical (unpaired) electrons. The van der Waals surface area contributed by atoms with Crippen LogP contribution in [0.4, 0.5) is 15.9 Å². The van der Waals surface area contributed by atoms with E-state index in [1.54, 1.807) is 30.3 Å². The van der Waals surface area contributed by atoms with Crippen LogP contribution in [0.15, 0.2) is 42.5 Å². The van der Waals surface area contributed by atoms with Gasteiger partial charge in [0.15, 0.2) is 0 Å². The van der Waals surface area contributed by atoms with E-state index in [4.69, 9.17) is 18.0 Å². The smallest absolute Gasteiger partial charge is 0.131 e. The Hall–Kier alpha value is -2.01. The third-order valence-corrected chi connectivity index (χ3v) is 2.33. The molecule has 1 heterocycles. The maximum atomic E-state index is 12.7. The molecule has 0 unspecified atom stereocenters. The van der Waals surface area contributed by atoms with Crippen LogP contribution in [0.2, 0.25) is 0 Å². The summed E-state index contributed by atoms with van der Waals surface area (Å²) in [6.07, 6.45) is 0. The molecular weight excluding hydrogens is 237 g/mol. The molecule has 17 heavy (non-hydrogen) atoms. The molecule has 0 aliphatic heterocycles. The van der Waals surface area contributed by atoms with Crippen LogP contribution in [-0.2, 0) is 0 Å². The topological polar surface area (TPSA) is 50.9 Å². The number of pyridine rings is 1. The SMILES string of the molecule is NC(=S)c1cccc(Nc2ccc(F)cc2)n1. The number of nitrogens with zero attached hydrogens (tertiary/aromatic N) is 1. The Morgan fingerprint density at radius 1 is 1.18 bits per heavy atom. The lowest BCUT2D eigenvalue weighted by atomic mass is 10.3. The molecule has 3 nitrogen and oxygen atoms in total. The van der Waals surface area contributed by atoms with Crippen LogP contribution in [0.5, 0.6) is 0 Å². The summed E-state index contributed by atoms with van der Waals surface area (Å²) in [5.74, 6) is 0.335. The van der Waals surface area contributed by atoms with Crippen LogP contribution in [0.25, 0.3) is 0 Å². The first kappa shape index (κ1) is 11.5. The van der Waals surface area contributed by atoms with Crippen LogP contribution >= 0.6 is 12.2 Å². The minimum absolute atomic E-state index is 0.243. The lowest BCUT2D eigenvalue weighted by Gasteiger charge is -2.06. The Balaban J connectivity index is 2.21. The summed E-state index contributed by atoms with van der Waals surface area (Å²) in [6.45, 7) is 0. The van der Waals surface area contributed by atoms with Crippen molar-refractivity contribution in [1.29, 1.82) is 0 Å². The lowest BCUT2D eigenvalue weighted by molar-refractivity contribution is 0.628. The normalized spacial score (nSPS) is 9.94. The number of rotatable bonds is 3. The molecule has 5 heteroatoms. The van der Waals surface area contributed by atoms with Crippen molar-refractivity contribution in [2.75, 3.05) is 5.32 Å². The van der Waals surface area contributed by atoms with Gasteiger partial charge in [-0.2, -0.15) is 0 Å². The zero-order chi connectivity index (χ0) is 12.3. The number of benzene rings is 1. The van der Waals surface area contributed by atoms with E-state index in [1.807, 2.05) is 0 Å². The van der Waals surface area contributed by atoms with Crippen molar-refractivity contribution in [1.82, 2.24) is 4.98 Å². The summed E-state index contributed by atoms with van der Waals surface area (Å²) in [4.78, 5) is 4.46. The van der Waals surface area contributed by atoms with E-state index >= 15 is 0 Å². The molecule has 0 aliphatic rings. The molecule has 0 bridgehead atoms. The maximum absolute atomic E-state index is 12.7. The van der Waals surface area contributed by atoms with Crippen LogP contribution in [-0.4, -0.2) is 9.97 Å². The van der Waals surface area contributed by atoms with E-state index in [-0.39, 0.29) is 10.8 Å². The zero-order valence-electron chi connectivity index (χ0n) is 8.85. The van der Waals surface area contributed by atoms with Crippen LogP contribution in [0.1, 0.15) is 5.69 Å². The lowest BCUT2D eigenvalue weighted by Crippen LogP contribution is -2.12.